The van der Waals surface area contributed by atoms with E-state index in [0.717, 1.165) is 19.3 Å². The average Bonchev–Trinajstić information content (AvgIpc) is 2.36. The number of rotatable bonds is 6. The number of nitrogens with two attached hydrogens (primary N) is 1. The summed E-state index contributed by atoms with van der Waals surface area (Å²) in [7, 11) is 0. The van der Waals surface area contributed by atoms with E-state index in [1.807, 2.05) is 24.3 Å². The maximum Gasteiger partial charge on any atom is 0.338 e. The maximum atomic E-state index is 11.4. The highest BCUT2D eigenvalue weighted by atomic mass is 16.5. The molecule has 0 heterocycles. The normalized spacial score (nSPS) is 12.2. The van der Waals surface area contributed by atoms with E-state index in [1.165, 1.54) is 5.56 Å². The van der Waals surface area contributed by atoms with Gasteiger partial charge in [0.15, 0.2) is 0 Å². The van der Waals surface area contributed by atoms with Gasteiger partial charge in [-0.1, -0.05) is 19.1 Å². The van der Waals surface area contributed by atoms with Crippen LogP contribution >= 0.6 is 0 Å². The highest BCUT2D eigenvalue weighted by molar-refractivity contribution is 5.89. The fraction of sp³-hybridized carbons (Fsp3) is 0.500. The van der Waals surface area contributed by atoms with Crippen molar-refractivity contribution in [1.82, 2.24) is 0 Å². The first kappa shape index (κ1) is 13.7. The lowest BCUT2D eigenvalue weighted by atomic mass is 10.0. The van der Waals surface area contributed by atoms with Crippen LogP contribution in [0, 0.1) is 0 Å². The van der Waals surface area contributed by atoms with E-state index < -0.39 is 0 Å². The molecule has 0 aliphatic heterocycles. The number of carbonyl (C=O) groups is 1. The molecule has 0 saturated carbocycles. The molecule has 0 fully saturated rings. The summed E-state index contributed by atoms with van der Waals surface area (Å²) in [6.45, 7) is 4.30. The molecule has 0 unspecified atom stereocenters. The SMILES string of the molecule is CCOC(=O)c1ccc(CC[C@@H](N)CC)cc1. The lowest BCUT2D eigenvalue weighted by Gasteiger charge is -2.08. The molecule has 0 aliphatic rings. The number of benzene rings is 1. The molecule has 17 heavy (non-hydrogen) atoms. The monoisotopic (exact) mass is 235 g/mol. The first-order valence-electron chi connectivity index (χ1n) is 6.19. The summed E-state index contributed by atoms with van der Waals surface area (Å²) in [5.41, 5.74) is 7.68. The summed E-state index contributed by atoms with van der Waals surface area (Å²) in [6.07, 6.45) is 2.94. The molecule has 0 aliphatic carbocycles. The summed E-state index contributed by atoms with van der Waals surface area (Å²) < 4.78 is 4.92. The van der Waals surface area contributed by atoms with Crippen molar-refractivity contribution in [2.24, 2.45) is 5.73 Å². The quantitative estimate of drug-likeness (QED) is 0.771. The van der Waals surface area contributed by atoms with Crippen molar-refractivity contribution >= 4 is 5.97 Å². The zero-order chi connectivity index (χ0) is 12.7. The Labute approximate surface area is 103 Å². The molecule has 1 aromatic carbocycles. The molecule has 0 bridgehead atoms. The summed E-state index contributed by atoms with van der Waals surface area (Å²) in [6, 6.07) is 7.82. The van der Waals surface area contributed by atoms with E-state index in [-0.39, 0.29) is 12.0 Å². The van der Waals surface area contributed by atoms with Crippen LogP contribution in [-0.4, -0.2) is 18.6 Å². The fourth-order valence-corrected chi connectivity index (χ4v) is 1.58. The molecule has 3 nitrogen and oxygen atoms in total. The van der Waals surface area contributed by atoms with Gasteiger partial charge in [0.05, 0.1) is 12.2 Å². The Kier molecular flexibility index (Phi) is 5.70. The van der Waals surface area contributed by atoms with Crippen molar-refractivity contribution in [3.8, 4) is 0 Å². The zero-order valence-electron chi connectivity index (χ0n) is 10.6. The fourth-order valence-electron chi connectivity index (χ4n) is 1.58. The van der Waals surface area contributed by atoms with Gasteiger partial charge >= 0.3 is 5.97 Å². The van der Waals surface area contributed by atoms with Crippen LogP contribution in [0.25, 0.3) is 0 Å². The second-order valence-electron chi connectivity index (χ2n) is 4.12. The van der Waals surface area contributed by atoms with Gasteiger partial charge in [-0.15, -0.1) is 0 Å². The summed E-state index contributed by atoms with van der Waals surface area (Å²) in [5.74, 6) is -0.260. The van der Waals surface area contributed by atoms with E-state index in [0.29, 0.717) is 12.2 Å². The van der Waals surface area contributed by atoms with Gasteiger partial charge in [-0.25, -0.2) is 4.79 Å². The van der Waals surface area contributed by atoms with Gasteiger partial charge in [0.25, 0.3) is 0 Å². The van der Waals surface area contributed by atoms with Gasteiger partial charge in [-0.2, -0.15) is 0 Å². The van der Waals surface area contributed by atoms with Crippen LogP contribution in [-0.2, 0) is 11.2 Å². The van der Waals surface area contributed by atoms with Crippen LogP contribution < -0.4 is 5.73 Å². The van der Waals surface area contributed by atoms with Crippen molar-refractivity contribution in [1.29, 1.82) is 0 Å². The van der Waals surface area contributed by atoms with Crippen LogP contribution in [0.4, 0.5) is 0 Å². The Balaban J connectivity index is 2.53. The topological polar surface area (TPSA) is 52.3 Å². The molecule has 2 N–H and O–H groups in total. The van der Waals surface area contributed by atoms with Gasteiger partial charge in [0.2, 0.25) is 0 Å². The van der Waals surface area contributed by atoms with Crippen molar-refractivity contribution in [2.45, 2.75) is 39.2 Å². The number of carbonyl (C=O) groups excluding carboxylic acids is 1. The molecular formula is C14H21NO2. The third kappa shape index (κ3) is 4.57. The van der Waals surface area contributed by atoms with Gasteiger partial charge in [-0.3, -0.25) is 0 Å². The maximum absolute atomic E-state index is 11.4. The molecular weight excluding hydrogens is 214 g/mol. The predicted molar refractivity (Wildman–Crippen MR) is 69.0 cm³/mol. The van der Waals surface area contributed by atoms with Crippen LogP contribution in [0.1, 0.15) is 42.6 Å². The minimum absolute atomic E-state index is 0.260. The second kappa shape index (κ2) is 7.07. The Morgan fingerprint density at radius 2 is 1.94 bits per heavy atom. The largest absolute Gasteiger partial charge is 0.462 e. The standard InChI is InChI=1S/C14H21NO2/c1-3-13(15)10-7-11-5-8-12(9-6-11)14(16)17-4-2/h5-6,8-9,13H,3-4,7,10,15H2,1-2H3/t13-/m0/s1. The van der Waals surface area contributed by atoms with Crippen LogP contribution in [0.2, 0.25) is 0 Å². The lowest BCUT2D eigenvalue weighted by molar-refractivity contribution is 0.0526. The highest BCUT2D eigenvalue weighted by Gasteiger charge is 2.06. The smallest absolute Gasteiger partial charge is 0.338 e. The molecule has 0 radical (unpaired) electrons. The molecule has 1 aromatic rings. The average molecular weight is 235 g/mol. The number of esters is 1. The molecule has 0 aromatic heterocycles. The Hall–Kier alpha value is -1.35. The third-order valence-corrected chi connectivity index (χ3v) is 2.79. The van der Waals surface area contributed by atoms with Gasteiger partial charge in [-0.05, 0) is 43.9 Å². The Bertz CT molecular complexity index is 346. The molecule has 1 rings (SSSR count). The van der Waals surface area contributed by atoms with Gasteiger partial charge in [0, 0.05) is 6.04 Å². The summed E-state index contributed by atoms with van der Waals surface area (Å²) in [5, 5.41) is 0. The minimum atomic E-state index is -0.260. The molecule has 0 spiro atoms. The van der Waals surface area contributed by atoms with E-state index in [4.69, 9.17) is 10.5 Å². The van der Waals surface area contributed by atoms with Crippen LogP contribution in [0.3, 0.4) is 0 Å². The lowest BCUT2D eigenvalue weighted by Crippen LogP contribution is -2.19. The van der Waals surface area contributed by atoms with E-state index >= 15 is 0 Å². The van der Waals surface area contributed by atoms with Crippen LogP contribution in [0.5, 0.6) is 0 Å². The summed E-state index contributed by atoms with van der Waals surface area (Å²) >= 11 is 0. The van der Waals surface area contributed by atoms with E-state index in [1.54, 1.807) is 6.92 Å². The summed E-state index contributed by atoms with van der Waals surface area (Å²) in [4.78, 5) is 11.4. The third-order valence-electron chi connectivity index (χ3n) is 2.79. The molecule has 3 heteroatoms. The number of hydrogen-bond acceptors (Lipinski definition) is 3. The van der Waals surface area contributed by atoms with Crippen molar-refractivity contribution in [2.75, 3.05) is 6.61 Å². The molecule has 0 saturated heterocycles. The Morgan fingerprint density at radius 3 is 2.47 bits per heavy atom. The number of hydrogen-bond donors (Lipinski definition) is 1. The zero-order valence-corrected chi connectivity index (χ0v) is 10.6. The van der Waals surface area contributed by atoms with E-state index in [9.17, 15) is 4.79 Å². The molecule has 0 amide bonds. The highest BCUT2D eigenvalue weighted by Crippen LogP contribution is 2.09. The second-order valence-corrected chi connectivity index (χ2v) is 4.12. The van der Waals surface area contributed by atoms with Gasteiger partial charge in [0.1, 0.15) is 0 Å². The van der Waals surface area contributed by atoms with Crippen molar-refractivity contribution < 1.29 is 9.53 Å². The molecule has 94 valence electrons. The van der Waals surface area contributed by atoms with Gasteiger partial charge < -0.3 is 10.5 Å². The molecule has 1 atom stereocenters. The van der Waals surface area contributed by atoms with Crippen molar-refractivity contribution in [3.63, 3.8) is 0 Å². The first-order valence-corrected chi connectivity index (χ1v) is 6.19. The first-order chi connectivity index (χ1) is 8.17. The number of aryl methyl sites for hydroxylation is 1. The number of ether oxygens (including phenoxy) is 1. The predicted octanol–water partition coefficient (Wildman–Crippen LogP) is 2.53. The van der Waals surface area contributed by atoms with Crippen LogP contribution in [0.15, 0.2) is 24.3 Å². The van der Waals surface area contributed by atoms with E-state index in [2.05, 4.69) is 6.92 Å². The minimum Gasteiger partial charge on any atom is -0.462 e. The Morgan fingerprint density at radius 1 is 1.29 bits per heavy atom. The van der Waals surface area contributed by atoms with Crippen molar-refractivity contribution in [3.05, 3.63) is 35.4 Å².